The largest absolute Gasteiger partial charge is 0.374 e. The number of guanidine groups is 1. The van der Waals surface area contributed by atoms with E-state index in [1.807, 2.05) is 12.3 Å². The Morgan fingerprint density at radius 3 is 2.59 bits per heavy atom. The summed E-state index contributed by atoms with van der Waals surface area (Å²) in [7, 11) is 0. The van der Waals surface area contributed by atoms with Crippen LogP contribution in [0.2, 0.25) is 0 Å². The Morgan fingerprint density at radius 2 is 1.90 bits per heavy atom. The van der Waals surface area contributed by atoms with Crippen LogP contribution in [-0.2, 0) is 11.2 Å². The molecule has 4 unspecified atom stereocenters. The summed E-state index contributed by atoms with van der Waals surface area (Å²) in [4.78, 5) is 7.29. The average molecular weight is 397 g/mol. The van der Waals surface area contributed by atoms with Gasteiger partial charge in [-0.05, 0) is 50.1 Å². The van der Waals surface area contributed by atoms with Crippen LogP contribution in [0, 0.1) is 17.7 Å². The van der Waals surface area contributed by atoms with E-state index in [-0.39, 0.29) is 5.82 Å². The fraction of sp³-hybridized carbons (Fsp3) is 0.545. The maximum Gasteiger partial charge on any atom is 0.193 e. The van der Waals surface area contributed by atoms with Crippen molar-refractivity contribution >= 4 is 5.96 Å². The normalized spacial score (nSPS) is 28.2. The third kappa shape index (κ3) is 3.64. The fourth-order valence-corrected chi connectivity index (χ4v) is 5.07. The molecule has 3 saturated heterocycles. The van der Waals surface area contributed by atoms with Crippen LogP contribution in [-0.4, -0.2) is 59.0 Å². The van der Waals surface area contributed by atoms with Crippen LogP contribution in [0.5, 0.6) is 0 Å². The molecule has 1 aromatic carbocycles. The Morgan fingerprint density at radius 1 is 1.17 bits per heavy atom. The minimum absolute atomic E-state index is 0.239. The zero-order chi connectivity index (χ0) is 19.8. The third-order valence-corrected chi connectivity index (χ3v) is 6.45. The van der Waals surface area contributed by atoms with Gasteiger partial charge in [-0.15, -0.1) is 0 Å². The molecule has 4 heterocycles. The molecule has 3 fully saturated rings. The van der Waals surface area contributed by atoms with Gasteiger partial charge in [-0.3, -0.25) is 4.99 Å². The van der Waals surface area contributed by atoms with Gasteiger partial charge in [0.1, 0.15) is 5.82 Å². The highest BCUT2D eigenvalue weighted by Crippen LogP contribution is 2.47. The predicted molar refractivity (Wildman–Crippen MR) is 110 cm³/mol. The SMILES string of the molecule is CCNC(=NCCc1ccn(-c2ccc(F)cc2)n1)N1CC2C3CCC(O3)C2C1. The molecule has 3 aliphatic heterocycles. The molecule has 1 aromatic heterocycles. The van der Waals surface area contributed by atoms with Gasteiger partial charge in [-0.2, -0.15) is 5.10 Å². The van der Waals surface area contributed by atoms with Crippen molar-refractivity contribution < 1.29 is 9.13 Å². The molecule has 0 spiro atoms. The smallest absolute Gasteiger partial charge is 0.193 e. The molecule has 2 bridgehead atoms. The Kier molecular flexibility index (Phi) is 4.99. The van der Waals surface area contributed by atoms with Crippen molar-refractivity contribution in [2.75, 3.05) is 26.2 Å². The van der Waals surface area contributed by atoms with Gasteiger partial charge >= 0.3 is 0 Å². The van der Waals surface area contributed by atoms with Crippen molar-refractivity contribution in [3.63, 3.8) is 0 Å². The molecule has 29 heavy (non-hydrogen) atoms. The standard InChI is InChI=1S/C22H28FN5O/c1-2-24-22(27-13-18-19(14-27)21-8-7-20(18)29-21)25-11-9-16-10-12-28(26-16)17-5-3-15(23)4-6-17/h3-6,10,12,18-21H,2,7-9,11,13-14H2,1H3,(H,24,25). The van der Waals surface area contributed by atoms with Crippen molar-refractivity contribution in [1.82, 2.24) is 20.0 Å². The van der Waals surface area contributed by atoms with Crippen LogP contribution in [0.3, 0.4) is 0 Å². The summed E-state index contributed by atoms with van der Waals surface area (Å²) < 4.78 is 21.0. The summed E-state index contributed by atoms with van der Waals surface area (Å²) in [5, 5.41) is 8.06. The van der Waals surface area contributed by atoms with E-state index >= 15 is 0 Å². The molecule has 0 aliphatic carbocycles. The van der Waals surface area contributed by atoms with Crippen LogP contribution in [0.1, 0.15) is 25.5 Å². The van der Waals surface area contributed by atoms with Gasteiger partial charge in [0, 0.05) is 50.6 Å². The Balaban J connectivity index is 1.21. The van der Waals surface area contributed by atoms with E-state index in [1.165, 1.54) is 25.0 Å². The minimum atomic E-state index is -0.239. The van der Waals surface area contributed by atoms with E-state index < -0.39 is 0 Å². The van der Waals surface area contributed by atoms with Crippen molar-refractivity contribution in [3.05, 3.63) is 48.0 Å². The second-order valence-corrected chi connectivity index (χ2v) is 8.24. The highest BCUT2D eigenvalue weighted by molar-refractivity contribution is 5.80. The van der Waals surface area contributed by atoms with E-state index in [1.54, 1.807) is 16.8 Å². The monoisotopic (exact) mass is 397 g/mol. The van der Waals surface area contributed by atoms with Gasteiger partial charge in [0.15, 0.2) is 5.96 Å². The lowest BCUT2D eigenvalue weighted by Crippen LogP contribution is -2.41. The van der Waals surface area contributed by atoms with E-state index in [2.05, 4.69) is 22.2 Å². The quantitative estimate of drug-likeness (QED) is 0.623. The van der Waals surface area contributed by atoms with Crippen LogP contribution in [0.4, 0.5) is 4.39 Å². The lowest BCUT2D eigenvalue weighted by Gasteiger charge is -2.23. The van der Waals surface area contributed by atoms with Crippen LogP contribution >= 0.6 is 0 Å². The lowest BCUT2D eigenvalue weighted by molar-refractivity contribution is 0.0767. The number of fused-ring (bicyclic) bond motifs is 5. The maximum absolute atomic E-state index is 13.1. The van der Waals surface area contributed by atoms with Gasteiger partial charge in [-0.25, -0.2) is 9.07 Å². The molecule has 6 nitrogen and oxygen atoms in total. The van der Waals surface area contributed by atoms with Crippen molar-refractivity contribution in [2.24, 2.45) is 16.8 Å². The minimum Gasteiger partial charge on any atom is -0.374 e. The van der Waals surface area contributed by atoms with E-state index in [4.69, 9.17) is 9.73 Å². The summed E-state index contributed by atoms with van der Waals surface area (Å²) in [6.07, 6.45) is 6.07. The zero-order valence-electron chi connectivity index (χ0n) is 16.8. The molecule has 3 aliphatic rings. The van der Waals surface area contributed by atoms with Crippen LogP contribution < -0.4 is 5.32 Å². The van der Waals surface area contributed by atoms with Gasteiger partial charge in [-0.1, -0.05) is 0 Å². The number of nitrogens with zero attached hydrogens (tertiary/aromatic N) is 4. The summed E-state index contributed by atoms with van der Waals surface area (Å²) in [5.41, 5.74) is 1.84. The van der Waals surface area contributed by atoms with Crippen LogP contribution in [0.15, 0.2) is 41.5 Å². The number of likely N-dealkylation sites (tertiary alicyclic amines) is 1. The topological polar surface area (TPSA) is 54.7 Å². The molecule has 0 radical (unpaired) electrons. The molecular formula is C22H28FN5O. The number of nitrogens with one attached hydrogen (secondary N) is 1. The van der Waals surface area contributed by atoms with Crippen molar-refractivity contribution in [2.45, 2.75) is 38.4 Å². The lowest BCUT2D eigenvalue weighted by atomic mass is 9.82. The van der Waals surface area contributed by atoms with E-state index in [0.717, 1.165) is 43.4 Å². The predicted octanol–water partition coefficient (Wildman–Crippen LogP) is 2.63. The molecule has 4 atom stereocenters. The number of ether oxygens (including phenoxy) is 1. The first-order chi connectivity index (χ1) is 14.2. The highest BCUT2D eigenvalue weighted by Gasteiger charge is 2.53. The zero-order valence-corrected chi connectivity index (χ0v) is 16.8. The summed E-state index contributed by atoms with van der Waals surface area (Å²) in [6, 6.07) is 8.36. The number of benzene rings is 1. The Hall–Kier alpha value is -2.41. The molecule has 154 valence electrons. The maximum atomic E-state index is 13.1. The fourth-order valence-electron chi connectivity index (χ4n) is 5.07. The first-order valence-corrected chi connectivity index (χ1v) is 10.7. The molecule has 7 heteroatoms. The van der Waals surface area contributed by atoms with Gasteiger partial charge in [0.05, 0.1) is 23.6 Å². The molecule has 0 amide bonds. The number of hydrogen-bond acceptors (Lipinski definition) is 3. The van der Waals surface area contributed by atoms with E-state index in [9.17, 15) is 4.39 Å². The summed E-state index contributed by atoms with van der Waals surface area (Å²) in [5.74, 6) is 2.12. The third-order valence-electron chi connectivity index (χ3n) is 6.45. The number of rotatable bonds is 5. The van der Waals surface area contributed by atoms with Crippen molar-refractivity contribution in [3.8, 4) is 5.69 Å². The van der Waals surface area contributed by atoms with Crippen molar-refractivity contribution in [1.29, 1.82) is 0 Å². The van der Waals surface area contributed by atoms with E-state index in [0.29, 0.717) is 30.6 Å². The first-order valence-electron chi connectivity index (χ1n) is 10.7. The second kappa shape index (κ2) is 7.78. The number of aliphatic imine (C=N–C) groups is 1. The molecule has 1 N–H and O–H groups in total. The Labute approximate surface area is 170 Å². The molecule has 2 aromatic rings. The highest BCUT2D eigenvalue weighted by atomic mass is 19.1. The molecular weight excluding hydrogens is 369 g/mol. The second-order valence-electron chi connectivity index (χ2n) is 8.24. The molecule has 0 saturated carbocycles. The average Bonchev–Trinajstić information content (AvgIpc) is 3.49. The summed E-state index contributed by atoms with van der Waals surface area (Å²) in [6.45, 7) is 5.78. The number of hydrogen-bond donors (Lipinski definition) is 1. The number of halogens is 1. The van der Waals surface area contributed by atoms with Gasteiger partial charge < -0.3 is 15.0 Å². The molecule has 5 rings (SSSR count). The summed E-state index contributed by atoms with van der Waals surface area (Å²) >= 11 is 0. The van der Waals surface area contributed by atoms with Crippen LogP contribution in [0.25, 0.3) is 5.69 Å². The van der Waals surface area contributed by atoms with Gasteiger partial charge in [0.2, 0.25) is 0 Å². The number of aromatic nitrogens is 2. The van der Waals surface area contributed by atoms with Gasteiger partial charge in [0.25, 0.3) is 0 Å². The first kappa shape index (κ1) is 18.6. The Bertz CT molecular complexity index is 862.